The first-order chi connectivity index (χ1) is 27.5. The first-order valence-electron chi connectivity index (χ1n) is 19.0. The molecular weight excluding hydrogens is 709 g/mol. The minimum Gasteiger partial charge on any atom is -0.491 e. The second-order valence-electron chi connectivity index (χ2n) is 14.5. The SMILES string of the molecule is O=C1OC(c2ccccc2)C(c2ccccc2)N2C1C(C(=O)Nc1ccc(N3CCOCC3)cc1)C1(C(=O)Nc3ccccc31)C2c1ccc(OCCO)cc1. The first kappa shape index (κ1) is 35.7. The first-order valence-corrected chi connectivity index (χ1v) is 19.0. The van der Waals surface area contributed by atoms with Gasteiger partial charge in [-0.2, -0.15) is 0 Å². The van der Waals surface area contributed by atoms with Crippen LogP contribution in [0.5, 0.6) is 5.75 Å². The van der Waals surface area contributed by atoms with Crippen LogP contribution in [0.3, 0.4) is 0 Å². The Morgan fingerprint density at radius 3 is 2.14 bits per heavy atom. The maximum absolute atomic E-state index is 15.3. The van der Waals surface area contributed by atoms with Crippen molar-refractivity contribution in [2.75, 3.05) is 55.1 Å². The van der Waals surface area contributed by atoms with Gasteiger partial charge in [0.15, 0.2) is 0 Å². The third-order valence-corrected chi connectivity index (χ3v) is 11.6. The second-order valence-corrected chi connectivity index (χ2v) is 14.5. The molecule has 3 N–H and O–H groups in total. The van der Waals surface area contributed by atoms with Crippen molar-refractivity contribution in [3.63, 3.8) is 0 Å². The van der Waals surface area contributed by atoms with Crippen LogP contribution < -0.4 is 20.3 Å². The molecule has 0 radical (unpaired) electrons. The highest BCUT2D eigenvalue weighted by atomic mass is 16.6. The number of amides is 2. The molecule has 6 unspecified atom stereocenters. The molecule has 4 aliphatic heterocycles. The molecular formula is C45H42N4O7. The van der Waals surface area contributed by atoms with Crippen molar-refractivity contribution in [3.05, 3.63) is 156 Å². The van der Waals surface area contributed by atoms with Crippen LogP contribution in [0.2, 0.25) is 0 Å². The van der Waals surface area contributed by atoms with Gasteiger partial charge in [0.2, 0.25) is 11.8 Å². The minimum absolute atomic E-state index is 0.118. The van der Waals surface area contributed by atoms with E-state index in [4.69, 9.17) is 14.2 Å². The van der Waals surface area contributed by atoms with Crippen LogP contribution >= 0.6 is 0 Å². The molecule has 1 spiro atoms. The quantitative estimate of drug-likeness (QED) is 0.160. The van der Waals surface area contributed by atoms with Gasteiger partial charge in [0, 0.05) is 30.2 Å². The largest absolute Gasteiger partial charge is 0.491 e. The topological polar surface area (TPSA) is 130 Å². The van der Waals surface area contributed by atoms with E-state index in [-0.39, 0.29) is 19.1 Å². The highest BCUT2D eigenvalue weighted by Gasteiger charge is 2.74. The van der Waals surface area contributed by atoms with E-state index in [2.05, 4.69) is 20.4 Å². The van der Waals surface area contributed by atoms with E-state index >= 15 is 9.59 Å². The van der Waals surface area contributed by atoms with Gasteiger partial charge in [0.25, 0.3) is 0 Å². The summed E-state index contributed by atoms with van der Waals surface area (Å²) in [6, 6.07) is 39.2. The number of ether oxygens (including phenoxy) is 3. The fourth-order valence-electron chi connectivity index (χ4n) is 9.26. The summed E-state index contributed by atoms with van der Waals surface area (Å²) in [6.45, 7) is 2.81. The molecule has 5 aromatic carbocycles. The zero-order valence-corrected chi connectivity index (χ0v) is 30.6. The normalized spacial score (nSPS) is 25.6. The fraction of sp³-hybridized carbons (Fsp3) is 0.267. The molecule has 3 saturated heterocycles. The summed E-state index contributed by atoms with van der Waals surface area (Å²) in [7, 11) is 0. The Balaban J connectivity index is 1.23. The van der Waals surface area contributed by atoms with E-state index in [1.165, 1.54) is 0 Å². The van der Waals surface area contributed by atoms with Crippen LogP contribution in [0, 0.1) is 5.92 Å². The summed E-state index contributed by atoms with van der Waals surface area (Å²) >= 11 is 0. The predicted octanol–water partition coefficient (Wildman–Crippen LogP) is 5.80. The summed E-state index contributed by atoms with van der Waals surface area (Å²) < 4.78 is 17.8. The van der Waals surface area contributed by atoms with Gasteiger partial charge in [0.05, 0.1) is 37.8 Å². The number of fused-ring (bicyclic) bond motifs is 3. The number of carbonyl (C=O) groups is 3. The molecule has 5 aromatic rings. The van der Waals surface area contributed by atoms with Gasteiger partial charge >= 0.3 is 5.97 Å². The van der Waals surface area contributed by atoms with Crippen molar-refractivity contribution in [1.82, 2.24) is 4.90 Å². The number of benzene rings is 5. The van der Waals surface area contributed by atoms with E-state index in [0.717, 1.165) is 29.9 Å². The smallest absolute Gasteiger partial charge is 0.324 e. The van der Waals surface area contributed by atoms with Gasteiger partial charge in [-0.05, 0) is 64.7 Å². The third kappa shape index (κ3) is 5.99. The lowest BCUT2D eigenvalue weighted by Crippen LogP contribution is -2.53. The van der Waals surface area contributed by atoms with Crippen molar-refractivity contribution in [3.8, 4) is 5.75 Å². The number of nitrogens with one attached hydrogen (secondary N) is 2. The molecule has 6 atom stereocenters. The van der Waals surface area contributed by atoms with E-state index in [1.807, 2.05) is 121 Å². The minimum atomic E-state index is -1.58. The molecule has 284 valence electrons. The van der Waals surface area contributed by atoms with Crippen LogP contribution in [0.4, 0.5) is 17.1 Å². The summed E-state index contributed by atoms with van der Waals surface area (Å²) in [5.41, 5.74) is 3.56. The van der Waals surface area contributed by atoms with Gasteiger partial charge in [-0.25, -0.2) is 0 Å². The average molecular weight is 751 g/mol. The molecule has 11 nitrogen and oxygen atoms in total. The summed E-state index contributed by atoms with van der Waals surface area (Å²) in [5, 5.41) is 15.7. The second kappa shape index (κ2) is 14.9. The van der Waals surface area contributed by atoms with Gasteiger partial charge in [-0.15, -0.1) is 0 Å². The van der Waals surface area contributed by atoms with E-state index < -0.39 is 47.4 Å². The van der Waals surface area contributed by atoms with E-state index in [1.54, 1.807) is 12.1 Å². The number of rotatable bonds is 9. The number of aliphatic hydroxyl groups is 1. The molecule has 11 heteroatoms. The number of para-hydroxylation sites is 1. The van der Waals surface area contributed by atoms with Gasteiger partial charge in [0.1, 0.15) is 29.9 Å². The van der Waals surface area contributed by atoms with E-state index in [9.17, 15) is 9.90 Å². The lowest BCUT2D eigenvalue weighted by molar-refractivity contribution is -0.177. The number of carbonyl (C=O) groups excluding carboxylic acids is 3. The number of morpholine rings is 2. The highest BCUT2D eigenvalue weighted by molar-refractivity contribution is 6.13. The monoisotopic (exact) mass is 750 g/mol. The standard InChI is InChI=1S/C45H42N4O7/c50-25-28-55-34-21-15-31(16-22-34)41-45(35-13-7-8-14-36(35)47-44(45)53)37(42(51)46-32-17-19-33(20-18-32)48-23-26-54-27-24-48)39-43(52)56-40(30-11-5-2-6-12-30)38(49(39)41)29-9-3-1-4-10-29/h1-22,37-41,50H,23-28H2,(H,46,51)(H,47,53). The highest BCUT2D eigenvalue weighted by Crippen LogP contribution is 2.64. The predicted molar refractivity (Wildman–Crippen MR) is 210 cm³/mol. The van der Waals surface area contributed by atoms with Crippen LogP contribution in [-0.2, 0) is 29.3 Å². The molecule has 4 aliphatic rings. The number of cyclic esters (lactones) is 1. The molecule has 9 rings (SSSR count). The number of esters is 1. The molecule has 0 bridgehead atoms. The zero-order chi connectivity index (χ0) is 38.2. The molecule has 0 aliphatic carbocycles. The summed E-state index contributed by atoms with van der Waals surface area (Å²) in [4.78, 5) is 49.6. The Morgan fingerprint density at radius 1 is 0.786 bits per heavy atom. The third-order valence-electron chi connectivity index (χ3n) is 11.6. The van der Waals surface area contributed by atoms with Crippen molar-refractivity contribution in [2.45, 2.75) is 29.6 Å². The van der Waals surface area contributed by atoms with Crippen molar-refractivity contribution in [2.24, 2.45) is 5.92 Å². The molecule has 0 saturated carbocycles. The molecule has 4 heterocycles. The molecule has 56 heavy (non-hydrogen) atoms. The van der Waals surface area contributed by atoms with Crippen LogP contribution in [0.1, 0.15) is 40.4 Å². The average Bonchev–Trinajstić information content (AvgIpc) is 3.73. The van der Waals surface area contributed by atoms with Gasteiger partial charge < -0.3 is 34.9 Å². The number of hydrogen-bond acceptors (Lipinski definition) is 9. The van der Waals surface area contributed by atoms with Gasteiger partial charge in [-0.1, -0.05) is 91.0 Å². The Labute approximate surface area is 324 Å². The maximum atomic E-state index is 15.3. The lowest BCUT2D eigenvalue weighted by atomic mass is 9.65. The maximum Gasteiger partial charge on any atom is 0.324 e. The molecule has 3 fully saturated rings. The van der Waals surface area contributed by atoms with E-state index in [0.29, 0.717) is 41.5 Å². The number of aliphatic hydroxyl groups excluding tert-OH is 1. The van der Waals surface area contributed by atoms with Crippen LogP contribution in [-0.4, -0.2) is 73.3 Å². The van der Waals surface area contributed by atoms with Crippen LogP contribution in [0.25, 0.3) is 0 Å². The van der Waals surface area contributed by atoms with Crippen molar-refractivity contribution in [1.29, 1.82) is 0 Å². The van der Waals surface area contributed by atoms with Crippen molar-refractivity contribution >= 4 is 34.8 Å². The van der Waals surface area contributed by atoms with Crippen molar-refractivity contribution < 1.29 is 33.7 Å². The zero-order valence-electron chi connectivity index (χ0n) is 30.6. The molecule has 2 amide bonds. The number of anilines is 3. The Morgan fingerprint density at radius 2 is 1.45 bits per heavy atom. The lowest BCUT2D eigenvalue weighted by Gasteiger charge is -2.46. The summed E-state index contributed by atoms with van der Waals surface area (Å²) in [6.07, 6.45) is -0.761. The Hall–Kier alpha value is -6.01. The fourth-order valence-corrected chi connectivity index (χ4v) is 9.26. The van der Waals surface area contributed by atoms with Gasteiger partial charge in [-0.3, -0.25) is 19.3 Å². The Bertz CT molecular complexity index is 2210. The van der Waals surface area contributed by atoms with Crippen LogP contribution in [0.15, 0.2) is 133 Å². The Kier molecular flexibility index (Phi) is 9.50. The molecule has 0 aromatic heterocycles. The summed E-state index contributed by atoms with van der Waals surface area (Å²) in [5.74, 6) is -2.13. The number of hydrogen-bond donors (Lipinski definition) is 3. The number of nitrogens with zero attached hydrogens (tertiary/aromatic N) is 2.